The SMILES string of the molecule is O=C(O)CC(NC(=O)CNC(=O)c1cc(NC2=NCC(F)CN2)c2cn[nH]c2c1)c1cccc(-n2cccn2)c1. The second-order valence-electron chi connectivity index (χ2n) is 9.09. The molecule has 2 aromatic heterocycles. The van der Waals surface area contributed by atoms with Gasteiger partial charge in [-0.25, -0.2) is 14.1 Å². The number of nitrogens with zero attached hydrogens (tertiary/aromatic N) is 4. The van der Waals surface area contributed by atoms with Crippen LogP contribution in [0.1, 0.15) is 28.4 Å². The summed E-state index contributed by atoms with van der Waals surface area (Å²) in [6.45, 7) is -0.245. The minimum Gasteiger partial charge on any atom is -0.481 e. The average molecular weight is 548 g/mol. The molecule has 2 aromatic carbocycles. The average Bonchev–Trinajstić information content (AvgIpc) is 3.65. The number of H-pyrrole nitrogens is 1. The van der Waals surface area contributed by atoms with Crippen LogP contribution in [-0.2, 0) is 9.59 Å². The number of amides is 2. The topological polar surface area (TPSA) is 178 Å². The number of aromatic nitrogens is 4. The zero-order valence-corrected chi connectivity index (χ0v) is 21.1. The van der Waals surface area contributed by atoms with Gasteiger partial charge in [-0.15, -0.1) is 0 Å². The molecule has 0 radical (unpaired) electrons. The predicted octanol–water partition coefficient (Wildman–Crippen LogP) is 1.52. The van der Waals surface area contributed by atoms with Gasteiger partial charge in [0.2, 0.25) is 5.91 Å². The molecule has 1 aliphatic rings. The number of aliphatic carboxylic acids is 1. The van der Waals surface area contributed by atoms with E-state index in [1.807, 2.05) is 6.07 Å². The van der Waals surface area contributed by atoms with E-state index in [0.717, 1.165) is 0 Å². The Morgan fingerprint density at radius 2 is 2.08 bits per heavy atom. The van der Waals surface area contributed by atoms with E-state index in [1.54, 1.807) is 59.7 Å². The monoisotopic (exact) mass is 547 g/mol. The lowest BCUT2D eigenvalue weighted by Crippen LogP contribution is -2.41. The normalized spacial score (nSPS) is 15.5. The number of carbonyl (C=O) groups excluding carboxylic acids is 2. The van der Waals surface area contributed by atoms with Gasteiger partial charge in [-0.1, -0.05) is 12.1 Å². The van der Waals surface area contributed by atoms with Crippen molar-refractivity contribution >= 4 is 40.3 Å². The molecule has 0 aliphatic carbocycles. The number of nitrogens with one attached hydrogen (secondary N) is 5. The fourth-order valence-corrected chi connectivity index (χ4v) is 4.26. The van der Waals surface area contributed by atoms with E-state index < -0.39 is 30.0 Å². The zero-order valence-electron chi connectivity index (χ0n) is 21.1. The van der Waals surface area contributed by atoms with Crippen LogP contribution in [0, 0.1) is 0 Å². The van der Waals surface area contributed by atoms with Gasteiger partial charge in [0.25, 0.3) is 5.91 Å². The molecule has 0 spiro atoms. The summed E-state index contributed by atoms with van der Waals surface area (Å²) in [5.74, 6) is -1.82. The third-order valence-electron chi connectivity index (χ3n) is 6.18. The van der Waals surface area contributed by atoms with Crippen molar-refractivity contribution in [1.29, 1.82) is 0 Å². The molecule has 5 rings (SSSR count). The summed E-state index contributed by atoms with van der Waals surface area (Å²) >= 11 is 0. The van der Waals surface area contributed by atoms with Gasteiger partial charge < -0.3 is 26.4 Å². The van der Waals surface area contributed by atoms with Crippen molar-refractivity contribution in [3.63, 3.8) is 0 Å². The van der Waals surface area contributed by atoms with Crippen LogP contribution >= 0.6 is 0 Å². The number of guanidine groups is 1. The molecule has 2 atom stereocenters. The number of carboxylic acids is 1. The molecule has 0 saturated heterocycles. The Bertz CT molecular complexity index is 1570. The standard InChI is InChI=1S/C26H26FN9O4/c27-17-11-29-26(30-12-17)34-21-8-16(9-22-19(21)13-31-35-22)25(40)28-14-23(37)33-20(10-24(38)39)15-3-1-4-18(7-15)36-6-2-5-32-36/h1-9,13,17,20H,10-12,14H2,(H,28,40)(H,31,35)(H,33,37)(H,38,39)(H2,29,30,34). The number of carbonyl (C=O) groups is 3. The first kappa shape index (κ1) is 26.3. The number of halogens is 1. The Kier molecular flexibility index (Phi) is 7.66. The van der Waals surface area contributed by atoms with E-state index >= 15 is 0 Å². The van der Waals surface area contributed by atoms with Crippen LogP contribution in [0.25, 0.3) is 16.6 Å². The van der Waals surface area contributed by atoms with Gasteiger partial charge in [0.1, 0.15) is 6.17 Å². The van der Waals surface area contributed by atoms with Crippen LogP contribution in [0.15, 0.2) is 66.0 Å². The summed E-state index contributed by atoms with van der Waals surface area (Å²) in [7, 11) is 0. The number of rotatable bonds is 9. The molecule has 6 N–H and O–H groups in total. The molecule has 0 fully saturated rings. The summed E-state index contributed by atoms with van der Waals surface area (Å²) in [5.41, 5.74) is 2.61. The van der Waals surface area contributed by atoms with E-state index in [2.05, 4.69) is 41.6 Å². The second-order valence-corrected chi connectivity index (χ2v) is 9.09. The van der Waals surface area contributed by atoms with Gasteiger partial charge in [0.05, 0.1) is 55.2 Å². The summed E-state index contributed by atoms with van der Waals surface area (Å²) in [5, 5.41) is 32.3. The van der Waals surface area contributed by atoms with E-state index in [9.17, 15) is 23.9 Å². The highest BCUT2D eigenvalue weighted by Crippen LogP contribution is 2.24. The van der Waals surface area contributed by atoms with Crippen LogP contribution in [-0.4, -0.2) is 74.6 Å². The number of fused-ring (bicyclic) bond motifs is 1. The Morgan fingerprint density at radius 1 is 1.20 bits per heavy atom. The first-order valence-corrected chi connectivity index (χ1v) is 12.4. The molecule has 2 amide bonds. The van der Waals surface area contributed by atoms with Crippen molar-refractivity contribution in [3.8, 4) is 5.69 Å². The molecule has 2 unspecified atom stereocenters. The first-order valence-electron chi connectivity index (χ1n) is 12.4. The van der Waals surface area contributed by atoms with E-state index in [1.165, 1.54) is 0 Å². The Balaban J connectivity index is 1.26. The van der Waals surface area contributed by atoms with Crippen LogP contribution in [0.5, 0.6) is 0 Å². The predicted molar refractivity (Wildman–Crippen MR) is 144 cm³/mol. The lowest BCUT2D eigenvalue weighted by Gasteiger charge is -2.19. The number of anilines is 1. The van der Waals surface area contributed by atoms with Crippen molar-refractivity contribution in [2.75, 3.05) is 25.0 Å². The maximum atomic E-state index is 13.4. The fraction of sp³-hybridized carbons (Fsp3) is 0.231. The van der Waals surface area contributed by atoms with Gasteiger partial charge in [0, 0.05) is 23.3 Å². The molecule has 40 heavy (non-hydrogen) atoms. The van der Waals surface area contributed by atoms with Gasteiger partial charge in [-0.2, -0.15) is 10.2 Å². The molecule has 4 aromatic rings. The Morgan fingerprint density at radius 3 is 2.83 bits per heavy atom. The highest BCUT2D eigenvalue weighted by Gasteiger charge is 2.20. The maximum absolute atomic E-state index is 13.4. The smallest absolute Gasteiger partial charge is 0.305 e. The summed E-state index contributed by atoms with van der Waals surface area (Å²) in [4.78, 5) is 41.4. The van der Waals surface area contributed by atoms with Crippen LogP contribution in [0.3, 0.4) is 0 Å². The lowest BCUT2D eigenvalue weighted by molar-refractivity contribution is -0.137. The van der Waals surface area contributed by atoms with E-state index in [-0.39, 0.29) is 31.6 Å². The molecule has 1 aliphatic heterocycles. The first-order chi connectivity index (χ1) is 19.4. The zero-order chi connectivity index (χ0) is 28.1. The van der Waals surface area contributed by atoms with Crippen molar-refractivity contribution in [2.24, 2.45) is 4.99 Å². The molecule has 0 saturated carbocycles. The lowest BCUT2D eigenvalue weighted by atomic mass is 10.0. The summed E-state index contributed by atoms with van der Waals surface area (Å²) < 4.78 is 15.0. The maximum Gasteiger partial charge on any atom is 0.305 e. The molecule has 3 heterocycles. The molecule has 0 bridgehead atoms. The second kappa shape index (κ2) is 11.6. The van der Waals surface area contributed by atoms with Crippen LogP contribution < -0.4 is 21.3 Å². The number of aromatic amines is 1. The van der Waals surface area contributed by atoms with Gasteiger partial charge in [0.15, 0.2) is 5.96 Å². The van der Waals surface area contributed by atoms with Gasteiger partial charge in [-0.3, -0.25) is 19.5 Å². The largest absolute Gasteiger partial charge is 0.481 e. The Labute approximate surface area is 226 Å². The number of hydrogen-bond acceptors (Lipinski definition) is 8. The molecular weight excluding hydrogens is 521 g/mol. The van der Waals surface area contributed by atoms with Crippen molar-refractivity contribution in [2.45, 2.75) is 18.6 Å². The number of alkyl halides is 1. The number of aliphatic imine (C=N–C) groups is 1. The van der Waals surface area contributed by atoms with Crippen molar-refractivity contribution < 1.29 is 23.9 Å². The number of hydrogen-bond donors (Lipinski definition) is 6. The molecule has 206 valence electrons. The Hall–Kier alpha value is -5.27. The third-order valence-corrected chi connectivity index (χ3v) is 6.18. The van der Waals surface area contributed by atoms with Gasteiger partial charge in [-0.05, 0) is 35.9 Å². The van der Waals surface area contributed by atoms with Crippen molar-refractivity contribution in [3.05, 3.63) is 72.2 Å². The van der Waals surface area contributed by atoms with Crippen LogP contribution in [0.2, 0.25) is 0 Å². The summed E-state index contributed by atoms with van der Waals surface area (Å²) in [6, 6.07) is 11.1. The van der Waals surface area contributed by atoms with E-state index in [4.69, 9.17) is 0 Å². The molecule has 13 nitrogen and oxygen atoms in total. The molecular formula is C26H26FN9O4. The fourth-order valence-electron chi connectivity index (χ4n) is 4.26. The van der Waals surface area contributed by atoms with Crippen molar-refractivity contribution in [1.82, 2.24) is 35.9 Å². The minimum absolute atomic E-state index is 0.0234. The third kappa shape index (κ3) is 6.23. The molecule has 14 heteroatoms. The quantitative estimate of drug-likeness (QED) is 0.183. The van der Waals surface area contributed by atoms with E-state index in [0.29, 0.717) is 33.8 Å². The minimum atomic E-state index is -1.09. The number of carboxylic acid groups (broad SMARTS) is 1. The highest BCUT2D eigenvalue weighted by molar-refractivity contribution is 6.07. The summed E-state index contributed by atoms with van der Waals surface area (Å²) in [6.07, 6.45) is 3.53. The highest BCUT2D eigenvalue weighted by atomic mass is 19.1. The van der Waals surface area contributed by atoms with Gasteiger partial charge >= 0.3 is 5.97 Å². The number of benzene rings is 2. The van der Waals surface area contributed by atoms with Crippen LogP contribution in [0.4, 0.5) is 10.1 Å².